The van der Waals surface area contributed by atoms with Crippen molar-refractivity contribution in [3.63, 3.8) is 0 Å². The lowest BCUT2D eigenvalue weighted by atomic mass is 10.2. The highest BCUT2D eigenvalue weighted by Crippen LogP contribution is 2.16. The van der Waals surface area contributed by atoms with Crippen molar-refractivity contribution in [3.8, 4) is 0 Å². The van der Waals surface area contributed by atoms with Crippen molar-refractivity contribution in [3.05, 3.63) is 0 Å². The number of hydrogen-bond donors (Lipinski definition) is 1. The van der Waals surface area contributed by atoms with Gasteiger partial charge in [-0.2, -0.15) is 0 Å². The van der Waals surface area contributed by atoms with Gasteiger partial charge >= 0.3 is 5.97 Å². The second kappa shape index (κ2) is 5.11. The van der Waals surface area contributed by atoms with Crippen molar-refractivity contribution >= 4 is 11.9 Å². The first-order valence-electron chi connectivity index (χ1n) is 5.37. The number of nitrogens with zero attached hydrogens (tertiary/aromatic N) is 2. The number of carbonyl (C=O) groups is 2. The Hall–Kier alpha value is -1.10. The summed E-state index contributed by atoms with van der Waals surface area (Å²) >= 11 is 0. The summed E-state index contributed by atoms with van der Waals surface area (Å²) in [6, 6.07) is -0.624. The molecule has 1 saturated heterocycles. The number of carboxylic acid groups (broad SMARTS) is 1. The number of rotatable bonds is 4. The van der Waals surface area contributed by atoms with Crippen LogP contribution in [0.15, 0.2) is 0 Å². The molecule has 1 fully saturated rings. The van der Waals surface area contributed by atoms with Crippen molar-refractivity contribution in [1.29, 1.82) is 0 Å². The van der Waals surface area contributed by atoms with Crippen molar-refractivity contribution in [1.82, 2.24) is 10.0 Å². The van der Waals surface area contributed by atoms with Crippen LogP contribution in [-0.4, -0.2) is 46.1 Å². The van der Waals surface area contributed by atoms with E-state index in [1.165, 1.54) is 0 Å². The summed E-state index contributed by atoms with van der Waals surface area (Å²) in [4.78, 5) is 22.5. The van der Waals surface area contributed by atoms with Crippen LogP contribution in [-0.2, 0) is 9.59 Å². The first-order chi connectivity index (χ1) is 7.07. The quantitative estimate of drug-likeness (QED) is 0.748. The number of aliphatic carboxylic acids is 1. The van der Waals surface area contributed by atoms with Crippen LogP contribution in [0.1, 0.15) is 33.1 Å². The molecule has 1 rings (SSSR count). The van der Waals surface area contributed by atoms with Gasteiger partial charge in [0.1, 0.15) is 6.04 Å². The predicted octanol–water partition coefficient (Wildman–Crippen LogP) is 0.709. The van der Waals surface area contributed by atoms with E-state index in [-0.39, 0.29) is 5.91 Å². The van der Waals surface area contributed by atoms with Gasteiger partial charge in [-0.3, -0.25) is 14.6 Å². The Morgan fingerprint density at radius 2 is 2.27 bits per heavy atom. The average molecular weight is 214 g/mol. The van der Waals surface area contributed by atoms with Crippen LogP contribution in [0.3, 0.4) is 0 Å². The van der Waals surface area contributed by atoms with Gasteiger partial charge in [-0.05, 0) is 19.8 Å². The van der Waals surface area contributed by atoms with Crippen LogP contribution in [0.5, 0.6) is 0 Å². The van der Waals surface area contributed by atoms with E-state index < -0.39 is 12.0 Å². The Balaban J connectivity index is 2.74. The Morgan fingerprint density at radius 1 is 1.60 bits per heavy atom. The number of carboxylic acids is 1. The summed E-state index contributed by atoms with van der Waals surface area (Å²) in [6.45, 7) is 4.85. The van der Waals surface area contributed by atoms with Gasteiger partial charge in [0.25, 0.3) is 0 Å². The normalized spacial score (nSPS) is 20.4. The highest BCUT2D eigenvalue weighted by molar-refractivity contribution is 5.78. The largest absolute Gasteiger partial charge is 0.480 e. The van der Waals surface area contributed by atoms with Gasteiger partial charge in [-0.25, -0.2) is 5.01 Å². The van der Waals surface area contributed by atoms with Crippen LogP contribution in [0.4, 0.5) is 0 Å². The molecule has 1 N–H and O–H groups in total. The molecular weight excluding hydrogens is 196 g/mol. The fourth-order valence-electron chi connectivity index (χ4n) is 1.78. The third kappa shape index (κ3) is 2.68. The molecule has 1 amide bonds. The molecule has 1 atom stereocenters. The molecule has 0 aromatic rings. The van der Waals surface area contributed by atoms with Crippen molar-refractivity contribution in [2.24, 2.45) is 0 Å². The van der Waals surface area contributed by atoms with Crippen LogP contribution in [0.25, 0.3) is 0 Å². The second-order valence-corrected chi connectivity index (χ2v) is 3.80. The van der Waals surface area contributed by atoms with E-state index in [1.807, 2.05) is 6.92 Å². The number of hydrogen-bond acceptors (Lipinski definition) is 3. The Bertz CT molecular complexity index is 255. The smallest absolute Gasteiger partial charge is 0.322 e. The standard InChI is InChI=1S/C10H18N2O3/c1-3-6-12-9(13)5-4-7-11(12)8(2)10(14)15/h8H,3-7H2,1-2H3,(H,14,15). The van der Waals surface area contributed by atoms with Crippen LogP contribution in [0.2, 0.25) is 0 Å². The number of amides is 1. The van der Waals surface area contributed by atoms with Gasteiger partial charge in [-0.1, -0.05) is 6.92 Å². The highest BCUT2D eigenvalue weighted by atomic mass is 16.4. The molecule has 1 aliphatic rings. The van der Waals surface area contributed by atoms with Crippen LogP contribution >= 0.6 is 0 Å². The fraction of sp³-hybridized carbons (Fsp3) is 0.800. The molecular formula is C10H18N2O3. The molecule has 0 spiro atoms. The molecule has 5 heteroatoms. The predicted molar refractivity (Wildman–Crippen MR) is 55.0 cm³/mol. The van der Waals surface area contributed by atoms with Gasteiger partial charge in [0, 0.05) is 19.5 Å². The number of hydrazine groups is 1. The zero-order valence-corrected chi connectivity index (χ0v) is 9.27. The molecule has 0 saturated carbocycles. The SMILES string of the molecule is CCCN1C(=O)CCCN1C(C)C(=O)O. The third-order valence-electron chi connectivity index (χ3n) is 2.62. The fourth-order valence-corrected chi connectivity index (χ4v) is 1.78. The lowest BCUT2D eigenvalue weighted by Gasteiger charge is -2.40. The molecule has 1 aliphatic heterocycles. The summed E-state index contributed by atoms with van der Waals surface area (Å²) in [5.74, 6) is -0.845. The molecule has 0 aromatic carbocycles. The molecule has 0 aromatic heterocycles. The average Bonchev–Trinajstić information content (AvgIpc) is 2.20. The van der Waals surface area contributed by atoms with Crippen LogP contribution in [0, 0.1) is 0 Å². The Kier molecular flexibility index (Phi) is 4.08. The summed E-state index contributed by atoms with van der Waals surface area (Å²) in [5.41, 5.74) is 0. The lowest BCUT2D eigenvalue weighted by molar-refractivity contribution is -0.169. The minimum Gasteiger partial charge on any atom is -0.480 e. The van der Waals surface area contributed by atoms with Crippen molar-refractivity contribution in [2.75, 3.05) is 13.1 Å². The molecule has 0 bridgehead atoms. The molecule has 1 heterocycles. The van der Waals surface area contributed by atoms with Crippen LogP contribution < -0.4 is 0 Å². The Morgan fingerprint density at radius 3 is 2.80 bits per heavy atom. The molecule has 15 heavy (non-hydrogen) atoms. The first-order valence-corrected chi connectivity index (χ1v) is 5.37. The van der Waals surface area contributed by atoms with E-state index in [4.69, 9.17) is 5.11 Å². The maximum Gasteiger partial charge on any atom is 0.322 e. The van der Waals surface area contributed by atoms with Gasteiger partial charge in [0.05, 0.1) is 0 Å². The van der Waals surface area contributed by atoms with E-state index >= 15 is 0 Å². The highest BCUT2D eigenvalue weighted by Gasteiger charge is 2.31. The van der Waals surface area contributed by atoms with E-state index in [1.54, 1.807) is 16.9 Å². The topological polar surface area (TPSA) is 60.9 Å². The van der Waals surface area contributed by atoms with E-state index in [0.717, 1.165) is 12.8 Å². The van der Waals surface area contributed by atoms with Crippen molar-refractivity contribution in [2.45, 2.75) is 39.2 Å². The third-order valence-corrected chi connectivity index (χ3v) is 2.62. The lowest BCUT2D eigenvalue weighted by Crippen LogP contribution is -2.56. The first kappa shape index (κ1) is 12.0. The van der Waals surface area contributed by atoms with Gasteiger partial charge in [0.2, 0.25) is 5.91 Å². The van der Waals surface area contributed by atoms with E-state index in [9.17, 15) is 9.59 Å². The van der Waals surface area contributed by atoms with E-state index in [2.05, 4.69) is 0 Å². The minimum absolute atomic E-state index is 0.0381. The van der Waals surface area contributed by atoms with Gasteiger partial charge < -0.3 is 5.11 Å². The zero-order valence-electron chi connectivity index (χ0n) is 9.27. The van der Waals surface area contributed by atoms with Gasteiger partial charge in [0.15, 0.2) is 0 Å². The maximum atomic E-state index is 11.6. The Labute approximate surface area is 89.6 Å². The summed E-state index contributed by atoms with van der Waals surface area (Å²) in [5, 5.41) is 12.2. The second-order valence-electron chi connectivity index (χ2n) is 3.80. The maximum absolute atomic E-state index is 11.6. The monoisotopic (exact) mass is 214 g/mol. The van der Waals surface area contributed by atoms with Crippen molar-refractivity contribution < 1.29 is 14.7 Å². The van der Waals surface area contributed by atoms with Gasteiger partial charge in [-0.15, -0.1) is 0 Å². The molecule has 1 unspecified atom stereocenters. The van der Waals surface area contributed by atoms with E-state index in [0.29, 0.717) is 19.5 Å². The molecule has 5 nitrogen and oxygen atoms in total. The number of carbonyl (C=O) groups excluding carboxylic acids is 1. The minimum atomic E-state index is -0.884. The summed E-state index contributed by atoms with van der Waals surface area (Å²) in [6.07, 6.45) is 2.12. The molecule has 86 valence electrons. The molecule has 0 radical (unpaired) electrons. The molecule has 0 aliphatic carbocycles. The summed E-state index contributed by atoms with van der Waals surface area (Å²) in [7, 11) is 0. The zero-order chi connectivity index (χ0) is 11.4. The summed E-state index contributed by atoms with van der Waals surface area (Å²) < 4.78 is 0.